The van der Waals surface area contributed by atoms with E-state index in [4.69, 9.17) is 10.3 Å². The minimum atomic E-state index is -1.35. The molecule has 31 heavy (non-hydrogen) atoms. The molecule has 0 aliphatic carbocycles. The minimum absolute atomic E-state index is 0.0541. The molecule has 0 spiro atoms. The number of halogens is 1. The number of rotatable bonds is 10. The van der Waals surface area contributed by atoms with Gasteiger partial charge < -0.3 is 15.4 Å². The van der Waals surface area contributed by atoms with E-state index in [1.54, 1.807) is 12.1 Å². The van der Waals surface area contributed by atoms with Crippen LogP contribution in [0.1, 0.15) is 17.5 Å². The number of hydrogen-bond donors (Lipinski definition) is 2. The van der Waals surface area contributed by atoms with Gasteiger partial charge in [0.05, 0.1) is 18.8 Å². The highest BCUT2D eigenvalue weighted by Gasteiger charge is 2.24. The summed E-state index contributed by atoms with van der Waals surface area (Å²) < 4.78 is 30.3. The maximum atomic E-state index is 14.8. The number of hydrogen-bond acceptors (Lipinski definition) is 5. The van der Waals surface area contributed by atoms with E-state index in [1.807, 2.05) is 61.5 Å². The van der Waals surface area contributed by atoms with E-state index in [9.17, 15) is 14.1 Å². The van der Waals surface area contributed by atoms with Crippen LogP contribution in [0.5, 0.6) is 0 Å². The lowest BCUT2D eigenvalue weighted by molar-refractivity contribution is 0.133. The quantitative estimate of drug-likeness (QED) is 0.405. The van der Waals surface area contributed by atoms with Crippen LogP contribution < -0.4 is 5.73 Å². The molecule has 3 N–H and O–H groups in total. The molecule has 0 heterocycles. The summed E-state index contributed by atoms with van der Waals surface area (Å²) in [7, 11) is -1.35. The second kappa shape index (κ2) is 11.1. The van der Waals surface area contributed by atoms with Gasteiger partial charge in [-0.05, 0) is 55.2 Å². The fraction of sp³-hybridized carbons (Fsp3) is 0.250. The van der Waals surface area contributed by atoms with Gasteiger partial charge in [0.1, 0.15) is 5.82 Å². The van der Waals surface area contributed by atoms with Crippen molar-refractivity contribution in [3.63, 3.8) is 0 Å². The third-order valence-electron chi connectivity index (χ3n) is 5.13. The summed E-state index contributed by atoms with van der Waals surface area (Å²) in [4.78, 5) is 1.93. The van der Waals surface area contributed by atoms with E-state index in [0.717, 1.165) is 20.9 Å². The van der Waals surface area contributed by atoms with E-state index in [1.165, 1.54) is 17.3 Å². The minimum Gasteiger partial charge on any atom is -0.394 e. The molecule has 0 bridgehead atoms. The highest BCUT2D eigenvalue weighted by Crippen LogP contribution is 2.32. The lowest BCUT2D eigenvalue weighted by Gasteiger charge is -2.25. The van der Waals surface area contributed by atoms with Crippen molar-refractivity contribution >= 4 is 20.4 Å². The van der Waals surface area contributed by atoms with Crippen LogP contribution in [0.3, 0.4) is 0 Å². The van der Waals surface area contributed by atoms with Crippen molar-refractivity contribution in [3.05, 3.63) is 83.7 Å². The number of aliphatic hydroxyl groups is 1. The molecule has 2 unspecified atom stereocenters. The summed E-state index contributed by atoms with van der Waals surface area (Å²) >= 11 is 1.53. The van der Waals surface area contributed by atoms with Gasteiger partial charge in [0.25, 0.3) is 0 Å². The average Bonchev–Trinajstić information content (AvgIpc) is 2.78. The summed E-state index contributed by atoms with van der Waals surface area (Å²) in [6.07, 6.45) is 1.12. The summed E-state index contributed by atoms with van der Waals surface area (Å²) in [5.74, 6) is -0.261. The molecule has 3 aromatic rings. The summed E-state index contributed by atoms with van der Waals surface area (Å²) in [6.45, 7) is 1.85. The second-order valence-electron chi connectivity index (χ2n) is 7.68. The van der Waals surface area contributed by atoms with E-state index in [-0.39, 0.29) is 19.0 Å². The summed E-state index contributed by atoms with van der Waals surface area (Å²) in [5, 5.41) is 9.50. The average molecular weight is 460 g/mol. The van der Waals surface area contributed by atoms with Crippen molar-refractivity contribution in [2.45, 2.75) is 35.1 Å². The molecule has 3 aromatic carbocycles. The lowest BCUT2D eigenvalue weighted by Crippen LogP contribution is -2.47. The van der Waals surface area contributed by atoms with Crippen LogP contribution in [0.2, 0.25) is 0 Å². The number of aliphatic hydroxyl groups excluding tert-OH is 1. The van der Waals surface area contributed by atoms with Crippen molar-refractivity contribution in [1.82, 2.24) is 0 Å². The molecule has 0 aromatic heterocycles. The zero-order valence-electron chi connectivity index (χ0n) is 17.4. The Labute approximate surface area is 187 Å². The molecule has 2 atom stereocenters. The third kappa shape index (κ3) is 6.76. The van der Waals surface area contributed by atoms with Crippen LogP contribution in [0.15, 0.2) is 76.5 Å². The predicted molar refractivity (Wildman–Crippen MR) is 126 cm³/mol. The van der Waals surface area contributed by atoms with E-state index in [2.05, 4.69) is 0 Å². The van der Waals surface area contributed by atoms with Gasteiger partial charge in [-0.2, -0.15) is 0 Å². The Bertz CT molecular complexity index is 1010. The summed E-state index contributed by atoms with van der Waals surface area (Å²) in [6, 6.07) is 21.1. The van der Waals surface area contributed by atoms with Crippen molar-refractivity contribution in [3.8, 4) is 11.1 Å². The molecular formula is C24H27FNO3PS. The number of aryl methyl sites for hydroxylation is 2. The van der Waals surface area contributed by atoms with Gasteiger partial charge in [-0.1, -0.05) is 59.8 Å². The number of nitrogens with two attached hydrogens (primary N) is 1. The molecule has 3 rings (SSSR count). The topological polar surface area (TPSA) is 72.6 Å². The van der Waals surface area contributed by atoms with Gasteiger partial charge in [0.2, 0.25) is 0 Å². The van der Waals surface area contributed by atoms with Crippen LogP contribution in [-0.4, -0.2) is 23.9 Å². The third-order valence-corrected chi connectivity index (χ3v) is 6.43. The SMILES string of the molecule is Cc1ccc(Sc2ccc(-c3ccc(CCC(N)(CO)CO[PH2]=O)cc3)c(F)c2)cc1. The summed E-state index contributed by atoms with van der Waals surface area (Å²) in [5.41, 5.74) is 8.74. The first-order valence-corrected chi connectivity index (χ1v) is 11.8. The highest BCUT2D eigenvalue weighted by molar-refractivity contribution is 7.99. The standard InChI is InChI=1S/C24H27FNO3PS/c1-17-2-8-20(9-3-17)31-21-10-11-22(23(25)14-21)19-6-4-18(5-7-19)12-13-24(26,15-27)16-29-30-28/h2-11,14,27H,12-13,15-16,26,30H2,1H3. The Hall–Kier alpha value is -1.95. The molecular weight excluding hydrogens is 432 g/mol. The van der Waals surface area contributed by atoms with Gasteiger partial charge in [-0.3, -0.25) is 4.57 Å². The van der Waals surface area contributed by atoms with Crippen molar-refractivity contribution in [1.29, 1.82) is 0 Å². The fourth-order valence-electron chi connectivity index (χ4n) is 3.18. The second-order valence-corrected chi connectivity index (χ2v) is 9.35. The molecule has 0 saturated heterocycles. The van der Waals surface area contributed by atoms with Gasteiger partial charge in [0.15, 0.2) is 8.69 Å². The number of benzene rings is 3. The van der Waals surface area contributed by atoms with Crippen molar-refractivity contribution < 1.29 is 18.6 Å². The molecule has 164 valence electrons. The maximum absolute atomic E-state index is 14.8. The molecule has 0 fully saturated rings. The predicted octanol–water partition coefficient (Wildman–Crippen LogP) is 5.26. The zero-order chi connectivity index (χ0) is 22.3. The van der Waals surface area contributed by atoms with Gasteiger partial charge >= 0.3 is 0 Å². The smallest absolute Gasteiger partial charge is 0.180 e. The largest absolute Gasteiger partial charge is 0.394 e. The Morgan fingerprint density at radius 3 is 2.35 bits per heavy atom. The molecule has 0 saturated carbocycles. The molecule has 4 nitrogen and oxygen atoms in total. The van der Waals surface area contributed by atoms with Crippen LogP contribution >= 0.6 is 20.4 Å². The molecule has 0 amide bonds. The van der Waals surface area contributed by atoms with E-state index in [0.29, 0.717) is 18.4 Å². The van der Waals surface area contributed by atoms with Gasteiger partial charge in [-0.25, -0.2) is 4.39 Å². The van der Waals surface area contributed by atoms with Gasteiger partial charge in [-0.15, -0.1) is 0 Å². The molecule has 0 aliphatic heterocycles. The van der Waals surface area contributed by atoms with Crippen LogP contribution in [0.4, 0.5) is 4.39 Å². The van der Waals surface area contributed by atoms with Crippen LogP contribution in [0, 0.1) is 12.7 Å². The van der Waals surface area contributed by atoms with Gasteiger partial charge in [0, 0.05) is 15.4 Å². The Kier molecular flexibility index (Phi) is 8.47. The van der Waals surface area contributed by atoms with E-state index >= 15 is 0 Å². The zero-order valence-corrected chi connectivity index (χ0v) is 19.4. The van der Waals surface area contributed by atoms with Crippen LogP contribution in [-0.2, 0) is 15.5 Å². The first kappa shape index (κ1) is 23.7. The molecule has 0 aliphatic rings. The lowest BCUT2D eigenvalue weighted by atomic mass is 9.93. The normalized spacial score (nSPS) is 13.5. The van der Waals surface area contributed by atoms with Crippen LogP contribution in [0.25, 0.3) is 11.1 Å². The molecule has 0 radical (unpaired) electrons. The first-order chi connectivity index (χ1) is 14.9. The highest BCUT2D eigenvalue weighted by atomic mass is 32.2. The first-order valence-electron chi connectivity index (χ1n) is 10.0. The Morgan fingerprint density at radius 2 is 1.74 bits per heavy atom. The van der Waals surface area contributed by atoms with Crippen molar-refractivity contribution in [2.24, 2.45) is 5.73 Å². The monoisotopic (exact) mass is 459 g/mol. The maximum Gasteiger partial charge on any atom is 0.180 e. The van der Waals surface area contributed by atoms with Crippen molar-refractivity contribution in [2.75, 3.05) is 13.2 Å². The molecule has 7 heteroatoms. The Balaban J connectivity index is 1.66. The Morgan fingerprint density at radius 1 is 1.06 bits per heavy atom. The van der Waals surface area contributed by atoms with E-state index < -0.39 is 14.2 Å². The fourth-order valence-corrected chi connectivity index (χ4v) is 4.42.